The van der Waals surface area contributed by atoms with Crippen LogP contribution in [0.25, 0.3) is 11.0 Å². The molecule has 4 N–H and O–H groups in total. The van der Waals surface area contributed by atoms with Gasteiger partial charge in [0.05, 0.1) is 30.7 Å². The topological polar surface area (TPSA) is 104 Å². The molecule has 7 heteroatoms. The Hall–Kier alpha value is -2.28. The van der Waals surface area contributed by atoms with Crippen LogP contribution in [0, 0.1) is 0 Å². The first kappa shape index (κ1) is 18.5. The molecule has 2 aromatic rings. The Bertz CT molecular complexity index is 822. The van der Waals surface area contributed by atoms with E-state index in [9.17, 15) is 9.90 Å². The smallest absolute Gasteiger partial charge is 0.407 e. The van der Waals surface area contributed by atoms with Crippen LogP contribution in [-0.4, -0.2) is 39.7 Å². The molecular formula is C19H28N4O3. The van der Waals surface area contributed by atoms with E-state index in [0.29, 0.717) is 18.9 Å². The van der Waals surface area contributed by atoms with Gasteiger partial charge in [0.2, 0.25) is 0 Å². The number of hydrogen-bond acceptors (Lipinski definition) is 4. The number of nitrogens with zero attached hydrogens (tertiary/aromatic N) is 2. The Labute approximate surface area is 153 Å². The number of nitrogens with two attached hydrogens (primary N) is 1. The van der Waals surface area contributed by atoms with E-state index in [1.54, 1.807) is 12.0 Å². The summed E-state index contributed by atoms with van der Waals surface area (Å²) in [5.74, 6) is 1.44. The molecule has 1 aromatic heterocycles. The lowest BCUT2D eigenvalue weighted by atomic mass is 9.78. The van der Waals surface area contributed by atoms with Gasteiger partial charge < -0.3 is 25.5 Å². The van der Waals surface area contributed by atoms with Gasteiger partial charge in [-0.15, -0.1) is 0 Å². The summed E-state index contributed by atoms with van der Waals surface area (Å²) in [6.07, 6.45) is 1.77. The molecule has 1 fully saturated rings. The molecule has 0 spiro atoms. The van der Waals surface area contributed by atoms with Crippen LogP contribution >= 0.6 is 0 Å². The zero-order valence-electron chi connectivity index (χ0n) is 15.9. The van der Waals surface area contributed by atoms with Crippen molar-refractivity contribution in [2.24, 2.45) is 5.73 Å². The second-order valence-corrected chi connectivity index (χ2v) is 7.89. The molecule has 7 nitrogen and oxygen atoms in total. The van der Waals surface area contributed by atoms with Crippen molar-refractivity contribution in [3.8, 4) is 5.75 Å². The highest BCUT2D eigenvalue weighted by Crippen LogP contribution is 2.45. The molecule has 142 valence electrons. The number of methoxy groups -OCH3 is 1. The van der Waals surface area contributed by atoms with Crippen molar-refractivity contribution in [1.29, 1.82) is 0 Å². The largest absolute Gasteiger partial charge is 0.496 e. The number of ether oxygens (including phenoxy) is 1. The molecular weight excluding hydrogens is 332 g/mol. The number of aromatic amines is 1. The van der Waals surface area contributed by atoms with Gasteiger partial charge in [-0.1, -0.05) is 20.8 Å². The number of nitrogens with one attached hydrogen (secondary N) is 1. The Kier molecular flexibility index (Phi) is 4.84. The fourth-order valence-corrected chi connectivity index (χ4v) is 4.02. The molecule has 2 heterocycles. The van der Waals surface area contributed by atoms with Gasteiger partial charge in [-0.05, 0) is 24.7 Å². The zero-order valence-corrected chi connectivity index (χ0v) is 15.9. The molecule has 1 aromatic carbocycles. The molecule has 26 heavy (non-hydrogen) atoms. The van der Waals surface area contributed by atoms with Gasteiger partial charge in [0.1, 0.15) is 11.6 Å². The van der Waals surface area contributed by atoms with Crippen molar-refractivity contribution in [3.63, 3.8) is 0 Å². The molecule has 1 saturated heterocycles. The summed E-state index contributed by atoms with van der Waals surface area (Å²) in [6, 6.07) is 1.71. The van der Waals surface area contributed by atoms with E-state index in [1.165, 1.54) is 0 Å². The summed E-state index contributed by atoms with van der Waals surface area (Å²) in [6.45, 7) is 7.19. The monoisotopic (exact) mass is 360 g/mol. The van der Waals surface area contributed by atoms with E-state index < -0.39 is 6.09 Å². The fourth-order valence-electron chi connectivity index (χ4n) is 4.02. The summed E-state index contributed by atoms with van der Waals surface area (Å²) < 4.78 is 5.71. The highest BCUT2D eigenvalue weighted by molar-refractivity contribution is 5.84. The number of imidazole rings is 1. The number of carboxylic acid groups (broad SMARTS) is 1. The van der Waals surface area contributed by atoms with Gasteiger partial charge in [0, 0.05) is 23.7 Å². The summed E-state index contributed by atoms with van der Waals surface area (Å²) in [5, 5.41) is 9.76. The Balaban J connectivity index is 2.35. The Morgan fingerprint density at radius 2 is 2.19 bits per heavy atom. The summed E-state index contributed by atoms with van der Waals surface area (Å²) in [5.41, 5.74) is 9.16. The highest BCUT2D eigenvalue weighted by atomic mass is 16.5. The summed E-state index contributed by atoms with van der Waals surface area (Å²) in [4.78, 5) is 21.4. The number of amides is 1. The van der Waals surface area contributed by atoms with Gasteiger partial charge in [0.25, 0.3) is 0 Å². The maximum Gasteiger partial charge on any atom is 0.407 e. The van der Waals surface area contributed by atoms with Crippen LogP contribution in [0.2, 0.25) is 0 Å². The van der Waals surface area contributed by atoms with E-state index >= 15 is 0 Å². The number of rotatable bonds is 3. The van der Waals surface area contributed by atoms with E-state index in [-0.39, 0.29) is 11.5 Å². The number of carbonyl (C=O) groups is 1. The standard InChI is InChI=1S/C19H28N4O3/c1-19(2,3)16-13(26-4)9-11-17(22-14(10-20)21-11)15(16)12-7-5-6-8-23(12)18(24)25/h9,12H,5-8,10,20H2,1-4H3,(H,21,22)(H,24,25). The van der Waals surface area contributed by atoms with Gasteiger partial charge in [0.15, 0.2) is 0 Å². The van der Waals surface area contributed by atoms with E-state index in [0.717, 1.165) is 47.2 Å². The van der Waals surface area contributed by atoms with Gasteiger partial charge >= 0.3 is 6.09 Å². The van der Waals surface area contributed by atoms with Crippen molar-refractivity contribution in [2.75, 3.05) is 13.7 Å². The maximum atomic E-state index is 11.9. The van der Waals surface area contributed by atoms with Crippen molar-refractivity contribution in [2.45, 2.75) is 58.0 Å². The second-order valence-electron chi connectivity index (χ2n) is 7.89. The minimum Gasteiger partial charge on any atom is -0.496 e. The van der Waals surface area contributed by atoms with Crippen LogP contribution in [0.5, 0.6) is 5.75 Å². The SMILES string of the molecule is COc1cc2[nH]c(CN)nc2c(C2CCCCN2C(=O)O)c1C(C)(C)C. The lowest BCUT2D eigenvalue weighted by Gasteiger charge is -2.37. The number of fused-ring (bicyclic) bond motifs is 1. The molecule has 1 unspecified atom stereocenters. The third kappa shape index (κ3) is 3.11. The van der Waals surface area contributed by atoms with Crippen molar-refractivity contribution >= 4 is 17.1 Å². The lowest BCUT2D eigenvalue weighted by Crippen LogP contribution is -2.38. The average molecular weight is 360 g/mol. The third-order valence-electron chi connectivity index (χ3n) is 5.07. The second kappa shape index (κ2) is 6.79. The van der Waals surface area contributed by atoms with E-state index in [1.807, 2.05) is 6.07 Å². The predicted octanol–water partition coefficient (Wildman–Crippen LogP) is 3.53. The third-order valence-corrected chi connectivity index (χ3v) is 5.07. The zero-order chi connectivity index (χ0) is 19.1. The molecule has 1 amide bonds. The van der Waals surface area contributed by atoms with Gasteiger partial charge in [-0.3, -0.25) is 0 Å². The summed E-state index contributed by atoms with van der Waals surface area (Å²) in [7, 11) is 1.65. The molecule has 3 rings (SSSR count). The van der Waals surface area contributed by atoms with Crippen molar-refractivity contribution in [1.82, 2.24) is 14.9 Å². The van der Waals surface area contributed by atoms with Crippen molar-refractivity contribution in [3.05, 3.63) is 23.0 Å². The molecule has 0 aliphatic carbocycles. The molecule has 1 aliphatic heterocycles. The normalized spacial score (nSPS) is 18.3. The highest BCUT2D eigenvalue weighted by Gasteiger charge is 2.36. The van der Waals surface area contributed by atoms with E-state index in [4.69, 9.17) is 15.5 Å². The van der Waals surface area contributed by atoms with Crippen LogP contribution in [0.3, 0.4) is 0 Å². The van der Waals surface area contributed by atoms with Crippen LogP contribution < -0.4 is 10.5 Å². The molecule has 1 atom stereocenters. The van der Waals surface area contributed by atoms with Crippen LogP contribution in [0.4, 0.5) is 4.79 Å². The Morgan fingerprint density at radius 3 is 2.77 bits per heavy atom. The number of aromatic nitrogens is 2. The number of H-pyrrole nitrogens is 1. The number of benzene rings is 1. The quantitative estimate of drug-likeness (QED) is 0.776. The Morgan fingerprint density at radius 1 is 1.46 bits per heavy atom. The molecule has 1 aliphatic rings. The van der Waals surface area contributed by atoms with Gasteiger partial charge in [-0.25, -0.2) is 9.78 Å². The first-order chi connectivity index (χ1) is 12.3. The van der Waals surface area contributed by atoms with Gasteiger partial charge in [-0.2, -0.15) is 0 Å². The molecule has 0 saturated carbocycles. The number of hydrogen-bond donors (Lipinski definition) is 3. The van der Waals surface area contributed by atoms with E-state index in [2.05, 4.69) is 25.8 Å². The number of likely N-dealkylation sites (tertiary alicyclic amines) is 1. The summed E-state index contributed by atoms with van der Waals surface area (Å²) >= 11 is 0. The van der Waals surface area contributed by atoms with Crippen LogP contribution in [-0.2, 0) is 12.0 Å². The average Bonchev–Trinajstić information content (AvgIpc) is 3.02. The first-order valence-corrected chi connectivity index (χ1v) is 9.07. The van der Waals surface area contributed by atoms with Crippen LogP contribution in [0.15, 0.2) is 6.07 Å². The molecule has 0 radical (unpaired) electrons. The first-order valence-electron chi connectivity index (χ1n) is 9.07. The molecule has 0 bridgehead atoms. The van der Waals surface area contributed by atoms with Crippen LogP contribution in [0.1, 0.15) is 63.0 Å². The lowest BCUT2D eigenvalue weighted by molar-refractivity contribution is 0.106. The fraction of sp³-hybridized carbons (Fsp3) is 0.579. The minimum atomic E-state index is -0.889. The maximum absolute atomic E-state index is 11.9. The predicted molar refractivity (Wildman–Crippen MR) is 101 cm³/mol. The van der Waals surface area contributed by atoms with Crippen molar-refractivity contribution < 1.29 is 14.6 Å². The minimum absolute atomic E-state index is 0.224. The number of piperidine rings is 1.